The fourth-order valence-corrected chi connectivity index (χ4v) is 2.50. The van der Waals surface area contributed by atoms with Crippen LogP contribution in [-0.4, -0.2) is 41.9 Å². The van der Waals surface area contributed by atoms with Gasteiger partial charge in [-0.25, -0.2) is 15.3 Å². The van der Waals surface area contributed by atoms with Crippen molar-refractivity contribution in [3.05, 3.63) is 54.5 Å². The highest BCUT2D eigenvalue weighted by molar-refractivity contribution is 5.90. The highest BCUT2D eigenvalue weighted by atomic mass is 16.8. The van der Waals surface area contributed by atoms with Gasteiger partial charge < -0.3 is 14.8 Å². The number of benzene rings is 1. The van der Waals surface area contributed by atoms with E-state index in [1.165, 1.54) is 6.08 Å². The molecule has 1 unspecified atom stereocenters. The molecule has 0 saturated carbocycles. The summed E-state index contributed by atoms with van der Waals surface area (Å²) >= 11 is 0. The monoisotopic (exact) mass is 384 g/mol. The number of carbonyl (C=O) groups excluding carboxylic acids is 1. The number of ether oxygens (including phenoxy) is 2. The average molecular weight is 384 g/mol. The van der Waals surface area contributed by atoms with Crippen molar-refractivity contribution in [2.45, 2.75) is 25.6 Å². The Hall–Kier alpha value is -2.97. The number of rotatable bonds is 9. The van der Waals surface area contributed by atoms with E-state index >= 15 is 0 Å². The topological polar surface area (TPSA) is 94.6 Å². The van der Waals surface area contributed by atoms with Crippen LogP contribution in [0.4, 0.5) is 5.82 Å². The predicted octanol–water partition coefficient (Wildman–Crippen LogP) is 2.56. The molecule has 8 heteroatoms. The third-order valence-corrected chi connectivity index (χ3v) is 3.93. The standard InChI is InChI=1S/C20H24N4O4/c25-19(24-28-20-8-4-5-12-27-20)10-9-16-14-23-18(15-22-16)21-11-13-26-17-6-2-1-3-7-17/h1-3,6-7,9-10,14-15,20H,4-5,8,11-13H2,(H,21,23)(H,24,25)/b10-9+. The molecular formula is C20H24N4O4. The first-order valence-corrected chi connectivity index (χ1v) is 9.29. The summed E-state index contributed by atoms with van der Waals surface area (Å²) < 4.78 is 11.0. The first-order chi connectivity index (χ1) is 13.8. The lowest BCUT2D eigenvalue weighted by atomic mass is 10.2. The third kappa shape index (κ3) is 6.98. The molecule has 0 radical (unpaired) electrons. The van der Waals surface area contributed by atoms with Crippen molar-refractivity contribution in [2.75, 3.05) is 25.1 Å². The summed E-state index contributed by atoms with van der Waals surface area (Å²) in [5.74, 6) is 1.08. The second-order valence-corrected chi connectivity index (χ2v) is 6.13. The number of amides is 1. The Bertz CT molecular complexity index is 747. The Morgan fingerprint density at radius 3 is 2.86 bits per heavy atom. The summed E-state index contributed by atoms with van der Waals surface area (Å²) in [6, 6.07) is 9.61. The molecule has 1 aromatic heterocycles. The summed E-state index contributed by atoms with van der Waals surface area (Å²) in [5, 5.41) is 3.13. The van der Waals surface area contributed by atoms with Crippen LogP contribution in [0.25, 0.3) is 6.08 Å². The number of para-hydroxylation sites is 1. The summed E-state index contributed by atoms with van der Waals surface area (Å²) in [7, 11) is 0. The molecule has 0 spiro atoms. The second-order valence-electron chi connectivity index (χ2n) is 6.13. The number of nitrogens with one attached hydrogen (secondary N) is 2. The molecule has 2 aromatic rings. The van der Waals surface area contributed by atoms with E-state index < -0.39 is 0 Å². The molecule has 28 heavy (non-hydrogen) atoms. The van der Waals surface area contributed by atoms with Gasteiger partial charge >= 0.3 is 0 Å². The maximum atomic E-state index is 11.8. The van der Waals surface area contributed by atoms with Gasteiger partial charge in [-0.15, -0.1) is 0 Å². The van der Waals surface area contributed by atoms with Gasteiger partial charge in [0, 0.05) is 19.1 Å². The molecule has 2 heterocycles. The van der Waals surface area contributed by atoms with E-state index in [-0.39, 0.29) is 12.2 Å². The maximum Gasteiger partial charge on any atom is 0.267 e. The predicted molar refractivity (Wildman–Crippen MR) is 104 cm³/mol. The lowest BCUT2D eigenvalue weighted by Crippen LogP contribution is -2.32. The fourth-order valence-electron chi connectivity index (χ4n) is 2.50. The van der Waals surface area contributed by atoms with Gasteiger partial charge in [0.1, 0.15) is 18.2 Å². The van der Waals surface area contributed by atoms with Crippen LogP contribution >= 0.6 is 0 Å². The third-order valence-electron chi connectivity index (χ3n) is 3.93. The van der Waals surface area contributed by atoms with Crippen molar-refractivity contribution >= 4 is 17.8 Å². The van der Waals surface area contributed by atoms with Crippen molar-refractivity contribution in [2.24, 2.45) is 0 Å². The zero-order valence-electron chi connectivity index (χ0n) is 15.5. The van der Waals surface area contributed by atoms with E-state index in [1.807, 2.05) is 30.3 Å². The van der Waals surface area contributed by atoms with Gasteiger partial charge in [-0.2, -0.15) is 0 Å². The lowest BCUT2D eigenvalue weighted by Gasteiger charge is -2.21. The SMILES string of the molecule is O=C(/C=C/c1cnc(NCCOc2ccccc2)cn1)NOC1CCCCO1. The van der Waals surface area contributed by atoms with E-state index in [1.54, 1.807) is 18.5 Å². The number of carbonyl (C=O) groups is 1. The van der Waals surface area contributed by atoms with Gasteiger partial charge in [0.15, 0.2) is 6.29 Å². The van der Waals surface area contributed by atoms with Crippen molar-refractivity contribution in [3.63, 3.8) is 0 Å². The molecular weight excluding hydrogens is 360 g/mol. The molecule has 148 valence electrons. The molecule has 1 amide bonds. The minimum Gasteiger partial charge on any atom is -0.492 e. The summed E-state index contributed by atoms with van der Waals surface area (Å²) in [4.78, 5) is 25.5. The minimum atomic E-state index is -0.378. The van der Waals surface area contributed by atoms with Crippen LogP contribution in [0, 0.1) is 0 Å². The number of nitrogens with zero attached hydrogens (tertiary/aromatic N) is 2. The van der Waals surface area contributed by atoms with E-state index in [9.17, 15) is 4.79 Å². The Kier molecular flexibility index (Phi) is 7.78. The summed E-state index contributed by atoms with van der Waals surface area (Å²) in [6.45, 7) is 1.77. The average Bonchev–Trinajstić information content (AvgIpc) is 2.76. The van der Waals surface area contributed by atoms with Crippen LogP contribution < -0.4 is 15.5 Å². The molecule has 1 fully saturated rings. The van der Waals surface area contributed by atoms with Crippen LogP contribution in [-0.2, 0) is 14.4 Å². The van der Waals surface area contributed by atoms with E-state index in [2.05, 4.69) is 20.8 Å². The quantitative estimate of drug-likeness (QED) is 0.390. The van der Waals surface area contributed by atoms with Gasteiger partial charge in [-0.1, -0.05) is 18.2 Å². The molecule has 2 N–H and O–H groups in total. The number of hydrogen-bond donors (Lipinski definition) is 2. The largest absolute Gasteiger partial charge is 0.492 e. The fraction of sp³-hybridized carbons (Fsp3) is 0.350. The Morgan fingerprint density at radius 1 is 1.21 bits per heavy atom. The van der Waals surface area contributed by atoms with Crippen LogP contribution in [0.15, 0.2) is 48.8 Å². The molecule has 1 saturated heterocycles. The highest BCUT2D eigenvalue weighted by Crippen LogP contribution is 2.12. The minimum absolute atomic E-state index is 0.373. The first-order valence-electron chi connectivity index (χ1n) is 9.29. The molecule has 8 nitrogen and oxygen atoms in total. The summed E-state index contributed by atoms with van der Waals surface area (Å²) in [6.07, 6.45) is 8.55. The van der Waals surface area contributed by atoms with Crippen LogP contribution in [0.2, 0.25) is 0 Å². The van der Waals surface area contributed by atoms with Crippen molar-refractivity contribution in [1.82, 2.24) is 15.4 Å². The van der Waals surface area contributed by atoms with Gasteiger partial charge in [-0.3, -0.25) is 9.78 Å². The van der Waals surface area contributed by atoms with Crippen LogP contribution in [0.5, 0.6) is 5.75 Å². The Balaban J connectivity index is 1.35. The van der Waals surface area contributed by atoms with Crippen molar-refractivity contribution in [3.8, 4) is 5.75 Å². The second kappa shape index (κ2) is 11.0. The van der Waals surface area contributed by atoms with Crippen molar-refractivity contribution < 1.29 is 19.1 Å². The van der Waals surface area contributed by atoms with E-state index in [0.29, 0.717) is 31.3 Å². The lowest BCUT2D eigenvalue weighted by molar-refractivity contribution is -0.198. The molecule has 1 aromatic carbocycles. The van der Waals surface area contributed by atoms with Gasteiger partial charge in [0.05, 0.1) is 24.6 Å². The Labute approximate surface area is 163 Å². The van der Waals surface area contributed by atoms with Gasteiger partial charge in [0.2, 0.25) is 0 Å². The van der Waals surface area contributed by atoms with E-state index in [0.717, 1.165) is 25.0 Å². The normalized spacial score (nSPS) is 16.6. The smallest absolute Gasteiger partial charge is 0.267 e. The molecule has 0 aliphatic carbocycles. The number of anilines is 1. The maximum absolute atomic E-state index is 11.8. The Morgan fingerprint density at radius 2 is 2.11 bits per heavy atom. The van der Waals surface area contributed by atoms with Gasteiger partial charge in [-0.05, 0) is 31.1 Å². The number of aromatic nitrogens is 2. The number of hydroxylamine groups is 1. The first kappa shape index (κ1) is 19.8. The zero-order chi connectivity index (χ0) is 19.4. The summed E-state index contributed by atoms with van der Waals surface area (Å²) in [5.41, 5.74) is 2.92. The number of hydrogen-bond acceptors (Lipinski definition) is 7. The van der Waals surface area contributed by atoms with Crippen molar-refractivity contribution in [1.29, 1.82) is 0 Å². The van der Waals surface area contributed by atoms with E-state index in [4.69, 9.17) is 14.3 Å². The van der Waals surface area contributed by atoms with Gasteiger partial charge in [0.25, 0.3) is 5.91 Å². The van der Waals surface area contributed by atoms with Crippen LogP contribution in [0.1, 0.15) is 25.0 Å². The highest BCUT2D eigenvalue weighted by Gasteiger charge is 2.14. The van der Waals surface area contributed by atoms with Crippen LogP contribution in [0.3, 0.4) is 0 Å². The molecule has 1 atom stereocenters. The molecule has 1 aliphatic heterocycles. The molecule has 3 rings (SSSR count). The molecule has 0 bridgehead atoms. The zero-order valence-corrected chi connectivity index (χ0v) is 15.5. The molecule has 1 aliphatic rings.